The van der Waals surface area contributed by atoms with Gasteiger partial charge in [-0.25, -0.2) is 14.3 Å². The average molecular weight is 505 g/mol. The third-order valence-electron chi connectivity index (χ3n) is 5.25. The van der Waals surface area contributed by atoms with Crippen molar-refractivity contribution in [2.45, 2.75) is 18.1 Å². The Hall–Kier alpha value is -2.90. The summed E-state index contributed by atoms with van der Waals surface area (Å²) in [6.45, 7) is 1.28. The van der Waals surface area contributed by atoms with E-state index in [0.29, 0.717) is 18.0 Å². The van der Waals surface area contributed by atoms with Crippen LogP contribution in [-0.4, -0.2) is 75.4 Å². The first-order chi connectivity index (χ1) is 15.3. The van der Waals surface area contributed by atoms with Crippen molar-refractivity contribution >= 4 is 44.9 Å². The first-order valence-corrected chi connectivity index (χ1v) is 10.7. The third-order valence-corrected chi connectivity index (χ3v) is 6.48. The zero-order valence-electron chi connectivity index (χ0n) is 17.5. The number of anilines is 1. The summed E-state index contributed by atoms with van der Waals surface area (Å²) in [5, 5.41) is 13.3. The highest BCUT2D eigenvalue weighted by molar-refractivity contribution is 7.20. The Bertz CT molecular complexity index is 1130. The fourth-order valence-corrected chi connectivity index (χ4v) is 4.35. The molecule has 1 amide bonds. The number of nitrogens with zero attached hydrogens (tertiary/aromatic N) is 5. The number of carboxylic acids is 1. The number of aliphatic carboxylic acids is 1. The molecule has 1 aromatic carbocycles. The first-order valence-electron chi connectivity index (χ1n) is 9.48. The van der Waals surface area contributed by atoms with Gasteiger partial charge in [-0.3, -0.25) is 9.69 Å². The lowest BCUT2D eigenvalue weighted by atomic mass is 9.96. The van der Waals surface area contributed by atoms with Crippen LogP contribution in [0.5, 0.6) is 0 Å². The van der Waals surface area contributed by atoms with Crippen molar-refractivity contribution in [2.24, 2.45) is 5.73 Å². The maximum atomic E-state index is 12.0. The van der Waals surface area contributed by atoms with Gasteiger partial charge in [0.05, 0.1) is 11.9 Å². The van der Waals surface area contributed by atoms with Crippen LogP contribution < -0.4 is 10.6 Å². The maximum Gasteiger partial charge on any atom is 0.490 e. The van der Waals surface area contributed by atoms with Gasteiger partial charge in [-0.15, -0.1) is 5.10 Å². The Kier molecular flexibility index (Phi) is 6.86. The number of hydrogen-bond acceptors (Lipinski definition) is 7. The van der Waals surface area contributed by atoms with E-state index in [1.807, 2.05) is 49.5 Å². The quantitative estimate of drug-likeness (QED) is 0.561. The van der Waals surface area contributed by atoms with E-state index in [4.69, 9.17) is 27.2 Å². The molecular weight excluding hydrogens is 485 g/mol. The van der Waals surface area contributed by atoms with Gasteiger partial charge in [-0.2, -0.15) is 13.2 Å². The van der Waals surface area contributed by atoms with Gasteiger partial charge >= 0.3 is 12.1 Å². The van der Waals surface area contributed by atoms with E-state index in [-0.39, 0.29) is 5.91 Å². The highest BCUT2D eigenvalue weighted by Gasteiger charge is 2.46. The van der Waals surface area contributed by atoms with E-state index in [0.717, 1.165) is 27.9 Å². The molecule has 33 heavy (non-hydrogen) atoms. The number of carbonyl (C=O) groups is 2. The second-order valence-electron chi connectivity index (χ2n) is 7.51. The number of alkyl halides is 3. The number of amides is 1. The molecule has 178 valence electrons. The molecule has 0 radical (unpaired) electrons. The average Bonchev–Trinajstić information content (AvgIpc) is 3.41. The molecule has 0 saturated carbocycles. The predicted molar refractivity (Wildman–Crippen MR) is 117 cm³/mol. The first kappa shape index (κ1) is 24.7. The van der Waals surface area contributed by atoms with E-state index in [2.05, 4.69) is 15.0 Å². The van der Waals surface area contributed by atoms with Gasteiger partial charge in [0.25, 0.3) is 0 Å². The number of carboxylic acid groups (broad SMARTS) is 1. The minimum absolute atomic E-state index is 0.295. The summed E-state index contributed by atoms with van der Waals surface area (Å²) in [6.07, 6.45) is -2.49. The second kappa shape index (κ2) is 9.15. The van der Waals surface area contributed by atoms with E-state index < -0.39 is 17.7 Å². The number of rotatable bonds is 4. The summed E-state index contributed by atoms with van der Waals surface area (Å²) in [5.41, 5.74) is 6.87. The van der Waals surface area contributed by atoms with Crippen LogP contribution in [0.4, 0.5) is 18.3 Å². The monoisotopic (exact) mass is 504 g/mol. The number of aromatic nitrogens is 3. The van der Waals surface area contributed by atoms with Gasteiger partial charge in [0.2, 0.25) is 16.0 Å². The molecule has 1 aliphatic heterocycles. The summed E-state index contributed by atoms with van der Waals surface area (Å²) in [4.78, 5) is 30.4. The van der Waals surface area contributed by atoms with E-state index in [1.54, 1.807) is 4.52 Å². The molecule has 4 rings (SSSR count). The highest BCUT2D eigenvalue weighted by Crippen LogP contribution is 2.33. The molecule has 0 aliphatic carbocycles. The standard InChI is InChI=1S/C17H19ClN6OS.C2HF3O2/c1-22(2)17(14(19)25)7-8-23(10-17)16-21-24-9-13(20-15(24)26-16)11-3-5-12(18)6-4-11;3-2(4,5)1(6)7/h3-6,9H,7-8,10H2,1-2H3,(H2,19,25);(H,6,7). The summed E-state index contributed by atoms with van der Waals surface area (Å²) >= 11 is 7.45. The number of nitrogens with two attached hydrogens (primary N) is 1. The van der Waals surface area contributed by atoms with Crippen molar-refractivity contribution in [3.05, 3.63) is 35.5 Å². The molecule has 0 spiro atoms. The summed E-state index contributed by atoms with van der Waals surface area (Å²) in [7, 11) is 3.78. The molecule has 1 unspecified atom stereocenters. The van der Waals surface area contributed by atoms with Crippen LogP contribution in [0.25, 0.3) is 16.2 Å². The fourth-order valence-electron chi connectivity index (χ4n) is 3.32. The van der Waals surface area contributed by atoms with Crippen LogP contribution in [0.1, 0.15) is 6.42 Å². The molecule has 14 heteroatoms. The summed E-state index contributed by atoms with van der Waals surface area (Å²) in [5.74, 6) is -3.05. The molecule has 1 atom stereocenters. The summed E-state index contributed by atoms with van der Waals surface area (Å²) < 4.78 is 33.5. The van der Waals surface area contributed by atoms with E-state index >= 15 is 0 Å². The Morgan fingerprint density at radius 3 is 2.33 bits per heavy atom. The van der Waals surface area contributed by atoms with Crippen LogP contribution in [0.15, 0.2) is 30.5 Å². The lowest BCUT2D eigenvalue weighted by Gasteiger charge is -2.32. The normalized spacial score (nSPS) is 18.5. The summed E-state index contributed by atoms with van der Waals surface area (Å²) in [6, 6.07) is 7.57. The third kappa shape index (κ3) is 5.20. The van der Waals surface area contributed by atoms with E-state index in [1.165, 1.54) is 11.3 Å². The van der Waals surface area contributed by atoms with Crippen molar-refractivity contribution in [3.63, 3.8) is 0 Å². The Morgan fingerprint density at radius 1 is 1.27 bits per heavy atom. The van der Waals surface area contributed by atoms with Gasteiger partial charge in [-0.05, 0) is 32.6 Å². The Morgan fingerprint density at radius 2 is 1.88 bits per heavy atom. The van der Waals surface area contributed by atoms with Crippen LogP contribution in [0.2, 0.25) is 5.02 Å². The number of hydrogen-bond donors (Lipinski definition) is 2. The van der Waals surface area contributed by atoms with Crippen molar-refractivity contribution in [2.75, 3.05) is 32.1 Å². The van der Waals surface area contributed by atoms with Crippen molar-refractivity contribution < 1.29 is 27.9 Å². The van der Waals surface area contributed by atoms with Gasteiger partial charge in [0, 0.05) is 23.7 Å². The topological polar surface area (TPSA) is 117 Å². The molecule has 1 saturated heterocycles. The van der Waals surface area contributed by atoms with Crippen molar-refractivity contribution in [3.8, 4) is 11.3 Å². The van der Waals surface area contributed by atoms with Crippen LogP contribution in [0, 0.1) is 0 Å². The minimum Gasteiger partial charge on any atom is -0.475 e. The van der Waals surface area contributed by atoms with Crippen LogP contribution in [-0.2, 0) is 9.59 Å². The lowest BCUT2D eigenvalue weighted by Crippen LogP contribution is -2.56. The molecule has 3 N–H and O–H groups in total. The predicted octanol–water partition coefficient (Wildman–Crippen LogP) is 2.74. The van der Waals surface area contributed by atoms with Crippen LogP contribution >= 0.6 is 22.9 Å². The molecule has 2 aromatic heterocycles. The van der Waals surface area contributed by atoms with E-state index in [9.17, 15) is 18.0 Å². The number of fused-ring (bicyclic) bond motifs is 1. The number of primary amides is 1. The van der Waals surface area contributed by atoms with Crippen molar-refractivity contribution in [1.29, 1.82) is 0 Å². The molecule has 9 nitrogen and oxygen atoms in total. The Balaban J connectivity index is 0.000000383. The largest absolute Gasteiger partial charge is 0.490 e. The SMILES string of the molecule is CN(C)C1(C(N)=O)CCN(c2nn3cc(-c4ccc(Cl)cc4)nc3s2)C1.O=C(O)C(F)(F)F. The fraction of sp³-hybridized carbons (Fsp3) is 0.368. The van der Waals surface area contributed by atoms with Gasteiger partial charge in [0.1, 0.15) is 5.54 Å². The molecule has 3 aromatic rings. The molecular formula is C19H20ClF3N6O3S. The van der Waals surface area contributed by atoms with Crippen molar-refractivity contribution in [1.82, 2.24) is 19.5 Å². The second-order valence-corrected chi connectivity index (χ2v) is 8.88. The highest BCUT2D eigenvalue weighted by atomic mass is 35.5. The smallest absolute Gasteiger partial charge is 0.475 e. The molecule has 0 bridgehead atoms. The molecule has 1 aliphatic rings. The van der Waals surface area contributed by atoms with Gasteiger partial charge < -0.3 is 15.7 Å². The molecule has 1 fully saturated rings. The number of imidazole rings is 1. The lowest BCUT2D eigenvalue weighted by molar-refractivity contribution is -0.192. The number of likely N-dealkylation sites (N-methyl/N-ethyl adjacent to an activating group) is 1. The number of halogens is 4. The molecule has 3 heterocycles. The number of benzene rings is 1. The zero-order chi connectivity index (χ0) is 24.6. The van der Waals surface area contributed by atoms with Gasteiger partial charge in [-0.1, -0.05) is 35.1 Å². The minimum atomic E-state index is -5.08. The maximum absolute atomic E-state index is 12.0. The van der Waals surface area contributed by atoms with Gasteiger partial charge in [0.15, 0.2) is 0 Å². The number of carbonyl (C=O) groups excluding carboxylic acids is 1. The Labute approximate surface area is 195 Å². The zero-order valence-corrected chi connectivity index (χ0v) is 19.1. The van der Waals surface area contributed by atoms with Crippen LogP contribution in [0.3, 0.4) is 0 Å².